The van der Waals surface area contributed by atoms with Crippen LogP contribution in [0.1, 0.15) is 12.0 Å². The van der Waals surface area contributed by atoms with E-state index >= 15 is 0 Å². The number of ether oxygens (including phenoxy) is 1. The second-order valence-electron chi connectivity index (χ2n) is 3.72. The molecule has 0 spiro atoms. The van der Waals surface area contributed by atoms with Crippen LogP contribution in [0.2, 0.25) is 0 Å². The van der Waals surface area contributed by atoms with E-state index in [4.69, 9.17) is 4.74 Å². The molecule has 0 bridgehead atoms. The van der Waals surface area contributed by atoms with Crippen molar-refractivity contribution in [1.82, 2.24) is 5.32 Å². The molecule has 0 aliphatic carbocycles. The first-order valence-electron chi connectivity index (χ1n) is 5.79. The summed E-state index contributed by atoms with van der Waals surface area (Å²) in [5.74, 6) is 0.727. The maximum absolute atomic E-state index is 11.3. The van der Waals surface area contributed by atoms with Crippen LogP contribution in [0.4, 0.5) is 16.2 Å². The average Bonchev–Trinajstić information content (AvgIpc) is 2.45. The number of thiol groups is 1. The van der Waals surface area contributed by atoms with Crippen LogP contribution in [0, 0.1) is 0 Å². The summed E-state index contributed by atoms with van der Waals surface area (Å²) in [6.07, 6.45) is 0.364. The van der Waals surface area contributed by atoms with Crippen molar-refractivity contribution >= 4 is 43.5 Å². The lowest BCUT2D eigenvalue weighted by Crippen LogP contribution is -2.25. The van der Waals surface area contributed by atoms with Gasteiger partial charge in [-0.25, -0.2) is 4.79 Å². The average molecular weight is 279 g/mol. The van der Waals surface area contributed by atoms with Crippen molar-refractivity contribution in [2.45, 2.75) is 13.0 Å². The van der Waals surface area contributed by atoms with Crippen LogP contribution < -0.4 is 5.32 Å². The lowest BCUT2D eigenvalue weighted by molar-refractivity contribution is 0.139. The van der Waals surface area contributed by atoms with Gasteiger partial charge >= 0.3 is 6.09 Å². The van der Waals surface area contributed by atoms with Crippen molar-refractivity contribution in [1.29, 1.82) is 0 Å². The van der Waals surface area contributed by atoms with Gasteiger partial charge in [-0.05, 0) is 43.3 Å². The summed E-state index contributed by atoms with van der Waals surface area (Å²) in [5, 5.41) is 2.63. The first-order chi connectivity index (χ1) is 9.21. The van der Waals surface area contributed by atoms with Crippen molar-refractivity contribution < 1.29 is 9.53 Å². The Morgan fingerprint density at radius 2 is 2.05 bits per heavy atom. The van der Waals surface area contributed by atoms with E-state index in [0.717, 1.165) is 17.7 Å². The molecule has 19 heavy (non-hydrogen) atoms. The molecule has 0 heterocycles. The topological polar surface area (TPSA) is 63.0 Å². The molecule has 0 radical (unpaired) electrons. The standard InChI is InChI=1S/C13H17N3O2S/c1-14-11-5-4-10(8-12(11)15-2)9-18-13(17)16-6-3-7-19/h4-5,8,19H,1-3,6-7,9H2,(H,16,17). The third-order valence-electron chi connectivity index (χ3n) is 2.35. The van der Waals surface area contributed by atoms with E-state index in [0.29, 0.717) is 17.9 Å². The fourth-order valence-corrected chi connectivity index (χ4v) is 1.55. The second-order valence-corrected chi connectivity index (χ2v) is 4.17. The number of alkyl carbamates (subject to hydrolysis) is 1. The van der Waals surface area contributed by atoms with Gasteiger partial charge in [0.15, 0.2) is 0 Å². The molecule has 1 N–H and O–H groups in total. The maximum atomic E-state index is 11.3. The molecular weight excluding hydrogens is 262 g/mol. The molecule has 0 atom stereocenters. The molecule has 0 unspecified atom stereocenters. The number of carbonyl (C=O) groups excluding carboxylic acids is 1. The largest absolute Gasteiger partial charge is 0.445 e. The van der Waals surface area contributed by atoms with Crippen molar-refractivity contribution in [2.24, 2.45) is 9.98 Å². The van der Waals surface area contributed by atoms with Crippen LogP contribution in [0.5, 0.6) is 0 Å². The monoisotopic (exact) mass is 279 g/mol. The van der Waals surface area contributed by atoms with Gasteiger partial charge in [0.25, 0.3) is 0 Å². The number of amides is 1. The van der Waals surface area contributed by atoms with E-state index in [1.807, 2.05) is 0 Å². The van der Waals surface area contributed by atoms with Crippen molar-refractivity contribution in [3.8, 4) is 0 Å². The van der Waals surface area contributed by atoms with Crippen LogP contribution in [0.25, 0.3) is 0 Å². The van der Waals surface area contributed by atoms with E-state index in [1.54, 1.807) is 18.2 Å². The molecule has 0 aliphatic rings. The van der Waals surface area contributed by atoms with Crippen molar-refractivity contribution in [2.75, 3.05) is 12.3 Å². The summed E-state index contributed by atoms with van der Waals surface area (Å²) in [6.45, 7) is 7.64. The minimum Gasteiger partial charge on any atom is -0.445 e. The number of nitrogens with zero attached hydrogens (tertiary/aromatic N) is 2. The Kier molecular flexibility index (Phi) is 6.67. The van der Waals surface area contributed by atoms with Gasteiger partial charge in [-0.1, -0.05) is 6.07 Å². The summed E-state index contributed by atoms with van der Waals surface area (Å²) in [7, 11) is 0. The smallest absolute Gasteiger partial charge is 0.407 e. The summed E-state index contributed by atoms with van der Waals surface area (Å²) < 4.78 is 5.06. The highest BCUT2D eigenvalue weighted by Gasteiger charge is 2.04. The normalized spacial score (nSPS) is 9.74. The Labute approximate surface area is 118 Å². The summed E-state index contributed by atoms with van der Waals surface area (Å²) in [4.78, 5) is 19.0. The van der Waals surface area contributed by atoms with Crippen LogP contribution >= 0.6 is 12.6 Å². The fraction of sp³-hybridized carbons (Fsp3) is 0.308. The summed E-state index contributed by atoms with van der Waals surface area (Å²) in [5.41, 5.74) is 2.09. The maximum Gasteiger partial charge on any atom is 0.407 e. The molecule has 0 saturated heterocycles. The quantitative estimate of drug-likeness (QED) is 0.458. The summed E-state index contributed by atoms with van der Waals surface area (Å²) >= 11 is 4.05. The van der Waals surface area contributed by atoms with Gasteiger partial charge in [-0.2, -0.15) is 12.6 Å². The zero-order chi connectivity index (χ0) is 14.1. The molecule has 1 aromatic carbocycles. The number of benzene rings is 1. The number of hydrogen-bond donors (Lipinski definition) is 2. The second kappa shape index (κ2) is 8.31. The molecule has 1 amide bonds. The fourth-order valence-electron chi connectivity index (χ4n) is 1.39. The van der Waals surface area contributed by atoms with E-state index in [1.165, 1.54) is 0 Å². The van der Waals surface area contributed by atoms with Gasteiger partial charge < -0.3 is 10.1 Å². The Morgan fingerprint density at radius 1 is 1.32 bits per heavy atom. The predicted molar refractivity (Wildman–Crippen MR) is 81.5 cm³/mol. The number of rotatable bonds is 7. The minimum absolute atomic E-state index is 0.173. The van der Waals surface area contributed by atoms with Crippen LogP contribution in [0.15, 0.2) is 28.2 Å². The highest BCUT2D eigenvalue weighted by molar-refractivity contribution is 7.80. The Hall–Kier alpha value is -1.82. The molecule has 1 rings (SSSR count). The zero-order valence-corrected chi connectivity index (χ0v) is 11.5. The molecule has 5 nitrogen and oxygen atoms in total. The van der Waals surface area contributed by atoms with E-state index in [-0.39, 0.29) is 6.61 Å². The third kappa shape index (κ3) is 5.13. The first kappa shape index (κ1) is 15.2. The van der Waals surface area contributed by atoms with Gasteiger partial charge in [-0.15, -0.1) is 0 Å². The highest BCUT2D eigenvalue weighted by atomic mass is 32.1. The highest BCUT2D eigenvalue weighted by Crippen LogP contribution is 2.28. The first-order valence-corrected chi connectivity index (χ1v) is 6.42. The third-order valence-corrected chi connectivity index (χ3v) is 2.67. The zero-order valence-electron chi connectivity index (χ0n) is 10.6. The van der Waals surface area contributed by atoms with E-state index in [2.05, 4.69) is 41.4 Å². The van der Waals surface area contributed by atoms with Crippen molar-refractivity contribution in [3.63, 3.8) is 0 Å². The van der Waals surface area contributed by atoms with Gasteiger partial charge in [-0.3, -0.25) is 9.98 Å². The SMILES string of the molecule is C=Nc1ccc(COC(=O)NCCCS)cc1N=C. The van der Waals surface area contributed by atoms with E-state index in [9.17, 15) is 4.79 Å². The Bertz CT molecular complexity index is 463. The Morgan fingerprint density at radius 3 is 2.68 bits per heavy atom. The molecule has 6 heteroatoms. The molecule has 0 saturated carbocycles. The van der Waals surface area contributed by atoms with Gasteiger partial charge in [0.05, 0.1) is 11.4 Å². The number of aliphatic imine (C=N–C) groups is 2. The number of carbonyl (C=O) groups is 1. The molecule has 0 fully saturated rings. The molecule has 0 aromatic heterocycles. The van der Waals surface area contributed by atoms with Gasteiger partial charge in [0.1, 0.15) is 6.61 Å². The Balaban J connectivity index is 2.51. The molecule has 1 aromatic rings. The molecule has 0 aliphatic heterocycles. The predicted octanol–water partition coefficient (Wildman–Crippen LogP) is 2.90. The van der Waals surface area contributed by atoms with Gasteiger partial charge in [0, 0.05) is 6.54 Å². The number of hydrogen-bond acceptors (Lipinski definition) is 5. The number of nitrogens with one attached hydrogen (secondary N) is 1. The van der Waals surface area contributed by atoms with Crippen LogP contribution in [0.3, 0.4) is 0 Å². The lowest BCUT2D eigenvalue weighted by Gasteiger charge is -2.07. The summed E-state index contributed by atoms with van der Waals surface area (Å²) in [6, 6.07) is 5.33. The van der Waals surface area contributed by atoms with Crippen LogP contribution in [-0.4, -0.2) is 31.8 Å². The molecule has 102 valence electrons. The van der Waals surface area contributed by atoms with Crippen molar-refractivity contribution in [3.05, 3.63) is 23.8 Å². The molecular formula is C13H17N3O2S. The van der Waals surface area contributed by atoms with E-state index < -0.39 is 6.09 Å². The van der Waals surface area contributed by atoms with Crippen LogP contribution in [-0.2, 0) is 11.3 Å². The van der Waals surface area contributed by atoms with Gasteiger partial charge in [0.2, 0.25) is 0 Å². The minimum atomic E-state index is -0.444. The lowest BCUT2D eigenvalue weighted by atomic mass is 10.2.